The van der Waals surface area contributed by atoms with Gasteiger partial charge in [0.2, 0.25) is 5.91 Å². The van der Waals surface area contributed by atoms with Crippen LogP contribution in [0.4, 0.5) is 0 Å². The van der Waals surface area contributed by atoms with Crippen LogP contribution in [-0.4, -0.2) is 33.3 Å². The number of hydrogen-bond acceptors (Lipinski definition) is 2. The predicted octanol–water partition coefficient (Wildman–Crippen LogP) is 3.00. The summed E-state index contributed by atoms with van der Waals surface area (Å²) >= 11 is 0. The smallest absolute Gasteiger partial charge is 0.225 e. The Morgan fingerprint density at radius 3 is 2.95 bits per heavy atom. The van der Waals surface area contributed by atoms with Gasteiger partial charge in [-0.25, -0.2) is 4.98 Å². The van der Waals surface area contributed by atoms with Crippen molar-refractivity contribution < 1.29 is 4.79 Å². The van der Waals surface area contributed by atoms with E-state index in [1.807, 2.05) is 31.7 Å². The number of pyridine rings is 1. The molecule has 0 aliphatic carbocycles. The zero-order chi connectivity index (χ0) is 15.0. The van der Waals surface area contributed by atoms with Crippen molar-refractivity contribution in [1.82, 2.24) is 14.3 Å². The molecule has 0 aromatic carbocycles. The average Bonchev–Trinajstić information content (AvgIpc) is 2.86. The molecule has 1 saturated heterocycles. The van der Waals surface area contributed by atoms with Crippen LogP contribution in [-0.2, 0) is 4.79 Å². The molecule has 4 nitrogen and oxygen atoms in total. The topological polar surface area (TPSA) is 37.6 Å². The maximum Gasteiger partial charge on any atom is 0.225 e. The van der Waals surface area contributed by atoms with Gasteiger partial charge in [0.05, 0.1) is 5.69 Å². The van der Waals surface area contributed by atoms with Gasteiger partial charge < -0.3 is 9.30 Å². The van der Waals surface area contributed by atoms with Crippen molar-refractivity contribution in [3.63, 3.8) is 0 Å². The first-order valence-corrected chi connectivity index (χ1v) is 7.79. The standard InChI is InChI=1S/C17H23N3O/c1-12(2)17(21)19-9-5-6-14(11-19)15-7-4-8-16-18-13(3)10-20(15)16/h4,7-8,10,12,14H,5-6,9,11H2,1-3H3/t14-/m0/s1. The summed E-state index contributed by atoms with van der Waals surface area (Å²) < 4.78 is 2.18. The summed E-state index contributed by atoms with van der Waals surface area (Å²) in [7, 11) is 0. The van der Waals surface area contributed by atoms with Gasteiger partial charge in [0.25, 0.3) is 0 Å². The van der Waals surface area contributed by atoms with Crippen LogP contribution >= 0.6 is 0 Å². The molecule has 0 unspecified atom stereocenters. The van der Waals surface area contributed by atoms with E-state index in [1.165, 1.54) is 5.69 Å². The molecule has 3 heterocycles. The number of carbonyl (C=O) groups excluding carboxylic acids is 1. The van der Waals surface area contributed by atoms with Crippen molar-refractivity contribution in [2.24, 2.45) is 5.92 Å². The van der Waals surface area contributed by atoms with Crippen molar-refractivity contribution in [2.75, 3.05) is 13.1 Å². The zero-order valence-electron chi connectivity index (χ0n) is 13.0. The zero-order valence-corrected chi connectivity index (χ0v) is 13.0. The molecule has 2 aromatic heterocycles. The molecule has 0 saturated carbocycles. The minimum absolute atomic E-state index is 0.0787. The predicted molar refractivity (Wildman–Crippen MR) is 83.3 cm³/mol. The van der Waals surface area contributed by atoms with Gasteiger partial charge in [-0.15, -0.1) is 0 Å². The van der Waals surface area contributed by atoms with Crippen LogP contribution in [0.1, 0.15) is 44.0 Å². The first-order chi connectivity index (χ1) is 10.1. The number of imidazole rings is 1. The van der Waals surface area contributed by atoms with E-state index in [0.717, 1.165) is 37.3 Å². The van der Waals surface area contributed by atoms with Crippen LogP contribution in [0.3, 0.4) is 0 Å². The SMILES string of the molecule is Cc1cn2c([C@H]3CCCN(C(=O)C(C)C)C3)cccc2n1. The maximum atomic E-state index is 12.2. The number of fused-ring (bicyclic) bond motifs is 1. The van der Waals surface area contributed by atoms with Crippen LogP contribution < -0.4 is 0 Å². The number of aromatic nitrogens is 2. The molecule has 1 aliphatic heterocycles. The second-order valence-corrected chi connectivity index (χ2v) is 6.34. The lowest BCUT2D eigenvalue weighted by molar-refractivity contribution is -0.135. The number of amides is 1. The third kappa shape index (κ3) is 2.67. The molecule has 4 heteroatoms. The molecule has 0 spiro atoms. The van der Waals surface area contributed by atoms with Crippen LogP contribution in [0, 0.1) is 12.8 Å². The molecule has 21 heavy (non-hydrogen) atoms. The van der Waals surface area contributed by atoms with E-state index in [-0.39, 0.29) is 11.8 Å². The normalized spacial score (nSPS) is 19.4. The summed E-state index contributed by atoms with van der Waals surface area (Å²) in [5, 5.41) is 0. The van der Waals surface area contributed by atoms with Gasteiger partial charge in [0.1, 0.15) is 5.65 Å². The molecule has 0 N–H and O–H groups in total. The highest BCUT2D eigenvalue weighted by Crippen LogP contribution is 2.28. The number of rotatable bonds is 2. The number of carbonyl (C=O) groups is 1. The minimum Gasteiger partial charge on any atom is -0.342 e. The second kappa shape index (κ2) is 5.51. The van der Waals surface area contributed by atoms with Gasteiger partial charge in [-0.1, -0.05) is 19.9 Å². The molecular weight excluding hydrogens is 262 g/mol. The Morgan fingerprint density at radius 1 is 1.38 bits per heavy atom. The average molecular weight is 285 g/mol. The lowest BCUT2D eigenvalue weighted by Gasteiger charge is -2.34. The third-order valence-electron chi connectivity index (χ3n) is 4.29. The van der Waals surface area contributed by atoms with Gasteiger partial charge >= 0.3 is 0 Å². The maximum absolute atomic E-state index is 12.2. The fraction of sp³-hybridized carbons (Fsp3) is 0.529. The van der Waals surface area contributed by atoms with Crippen molar-refractivity contribution in [1.29, 1.82) is 0 Å². The number of aryl methyl sites for hydroxylation is 1. The lowest BCUT2D eigenvalue weighted by atomic mass is 9.93. The monoisotopic (exact) mass is 285 g/mol. The number of nitrogens with zero attached hydrogens (tertiary/aromatic N) is 3. The second-order valence-electron chi connectivity index (χ2n) is 6.34. The number of likely N-dealkylation sites (tertiary alicyclic amines) is 1. The lowest BCUT2D eigenvalue weighted by Crippen LogP contribution is -2.41. The molecule has 0 bridgehead atoms. The Hall–Kier alpha value is -1.84. The van der Waals surface area contributed by atoms with Crippen molar-refractivity contribution in [2.45, 2.75) is 39.5 Å². The summed E-state index contributed by atoms with van der Waals surface area (Å²) in [5.41, 5.74) is 3.31. The molecule has 1 fully saturated rings. The summed E-state index contributed by atoms with van der Waals surface area (Å²) in [4.78, 5) is 18.8. The molecule has 1 atom stereocenters. The quantitative estimate of drug-likeness (QED) is 0.850. The molecule has 1 aliphatic rings. The van der Waals surface area contributed by atoms with E-state index < -0.39 is 0 Å². The van der Waals surface area contributed by atoms with Crippen molar-refractivity contribution >= 4 is 11.6 Å². The van der Waals surface area contributed by atoms with Gasteiger partial charge in [0, 0.05) is 36.8 Å². The van der Waals surface area contributed by atoms with Crippen LogP contribution in [0.25, 0.3) is 5.65 Å². The fourth-order valence-corrected chi connectivity index (χ4v) is 3.27. The Morgan fingerprint density at radius 2 is 2.19 bits per heavy atom. The fourth-order valence-electron chi connectivity index (χ4n) is 3.27. The summed E-state index contributed by atoms with van der Waals surface area (Å²) in [6.07, 6.45) is 4.30. The van der Waals surface area contributed by atoms with E-state index in [1.54, 1.807) is 0 Å². The van der Waals surface area contributed by atoms with E-state index in [2.05, 4.69) is 27.7 Å². The Kier molecular flexibility index (Phi) is 3.70. The summed E-state index contributed by atoms with van der Waals surface area (Å²) in [6.45, 7) is 7.70. The van der Waals surface area contributed by atoms with Gasteiger partial charge in [-0.05, 0) is 31.9 Å². The minimum atomic E-state index is 0.0787. The van der Waals surface area contributed by atoms with Gasteiger partial charge in [-0.3, -0.25) is 4.79 Å². The van der Waals surface area contributed by atoms with E-state index in [9.17, 15) is 4.79 Å². The highest BCUT2D eigenvalue weighted by atomic mass is 16.2. The molecule has 0 radical (unpaired) electrons. The Labute approximate surface area is 125 Å². The highest BCUT2D eigenvalue weighted by Gasteiger charge is 2.27. The molecule has 112 valence electrons. The third-order valence-corrected chi connectivity index (χ3v) is 4.29. The van der Waals surface area contributed by atoms with Crippen molar-refractivity contribution in [3.05, 3.63) is 35.8 Å². The summed E-state index contributed by atoms with van der Waals surface area (Å²) in [6, 6.07) is 6.28. The highest BCUT2D eigenvalue weighted by molar-refractivity contribution is 5.78. The van der Waals surface area contributed by atoms with Gasteiger partial charge in [0.15, 0.2) is 0 Å². The number of hydrogen-bond donors (Lipinski definition) is 0. The molecular formula is C17H23N3O. The largest absolute Gasteiger partial charge is 0.342 e. The molecule has 2 aromatic rings. The van der Waals surface area contributed by atoms with E-state index in [0.29, 0.717) is 5.92 Å². The Balaban J connectivity index is 1.90. The molecule has 3 rings (SSSR count). The first-order valence-electron chi connectivity index (χ1n) is 7.79. The van der Waals surface area contributed by atoms with Crippen molar-refractivity contribution in [3.8, 4) is 0 Å². The van der Waals surface area contributed by atoms with Crippen LogP contribution in [0.5, 0.6) is 0 Å². The van der Waals surface area contributed by atoms with Gasteiger partial charge in [-0.2, -0.15) is 0 Å². The molecule has 1 amide bonds. The van der Waals surface area contributed by atoms with E-state index >= 15 is 0 Å². The number of piperidine rings is 1. The van der Waals surface area contributed by atoms with Crippen LogP contribution in [0.2, 0.25) is 0 Å². The van der Waals surface area contributed by atoms with Crippen LogP contribution in [0.15, 0.2) is 24.4 Å². The van der Waals surface area contributed by atoms with E-state index in [4.69, 9.17) is 0 Å². The Bertz CT molecular complexity index is 659. The first kappa shape index (κ1) is 14.1. The summed E-state index contributed by atoms with van der Waals surface area (Å²) in [5.74, 6) is 0.752.